The Morgan fingerprint density at radius 2 is 2.09 bits per heavy atom. The summed E-state index contributed by atoms with van der Waals surface area (Å²) in [7, 11) is 1.65. The van der Waals surface area contributed by atoms with Gasteiger partial charge in [-0.1, -0.05) is 26.0 Å². The Morgan fingerprint density at radius 1 is 1.41 bits per heavy atom. The summed E-state index contributed by atoms with van der Waals surface area (Å²) in [4.78, 5) is 12.5. The van der Waals surface area contributed by atoms with Crippen molar-refractivity contribution in [1.29, 1.82) is 0 Å². The van der Waals surface area contributed by atoms with Gasteiger partial charge in [0, 0.05) is 6.54 Å². The number of ether oxygens (including phenoxy) is 1. The predicted octanol–water partition coefficient (Wildman–Crippen LogP) is 2.56. The van der Waals surface area contributed by atoms with E-state index in [0.29, 0.717) is 18.9 Å². The van der Waals surface area contributed by atoms with E-state index >= 15 is 0 Å². The fourth-order valence-electron chi connectivity index (χ4n) is 2.90. The Morgan fingerprint density at radius 3 is 2.64 bits per heavy atom. The summed E-state index contributed by atoms with van der Waals surface area (Å²) < 4.78 is 5.36. The molecular weight excluding hydrogens is 278 g/mol. The van der Waals surface area contributed by atoms with Gasteiger partial charge in [-0.05, 0) is 49.3 Å². The predicted molar refractivity (Wildman–Crippen MR) is 87.1 cm³/mol. The molecule has 0 spiro atoms. The molecule has 0 aromatic heterocycles. The molecule has 0 bridgehead atoms. The topological polar surface area (TPSA) is 58.6 Å². The van der Waals surface area contributed by atoms with Gasteiger partial charge in [0.2, 0.25) is 5.91 Å². The molecule has 1 aromatic carbocycles. The third-order valence-electron chi connectivity index (χ3n) is 4.39. The van der Waals surface area contributed by atoms with Gasteiger partial charge in [0.05, 0.1) is 18.6 Å². The van der Waals surface area contributed by atoms with E-state index in [-0.39, 0.29) is 5.91 Å². The number of carbonyl (C=O) groups is 1. The van der Waals surface area contributed by atoms with E-state index in [4.69, 9.17) is 4.74 Å². The summed E-state index contributed by atoms with van der Waals surface area (Å²) in [6.45, 7) is 6.43. The molecule has 2 rings (SSSR count). The molecule has 122 valence electrons. The number of rotatable bonds is 7. The van der Waals surface area contributed by atoms with Gasteiger partial charge in [0.1, 0.15) is 5.75 Å². The molecule has 0 heterocycles. The van der Waals surface area contributed by atoms with Crippen molar-refractivity contribution in [2.24, 2.45) is 5.92 Å². The molecule has 2 N–H and O–H groups in total. The Bertz CT molecular complexity index is 535. The van der Waals surface area contributed by atoms with Gasteiger partial charge < -0.3 is 15.2 Å². The second kappa shape index (κ2) is 6.69. The molecule has 1 fully saturated rings. The lowest BCUT2D eigenvalue weighted by Gasteiger charge is -2.19. The minimum absolute atomic E-state index is 0.0150. The third kappa shape index (κ3) is 3.61. The average Bonchev–Trinajstić information content (AvgIpc) is 3.26. The van der Waals surface area contributed by atoms with Crippen molar-refractivity contribution in [2.45, 2.75) is 51.6 Å². The van der Waals surface area contributed by atoms with Crippen LogP contribution in [0.3, 0.4) is 0 Å². The summed E-state index contributed by atoms with van der Waals surface area (Å²) >= 11 is 0. The number of aryl methyl sites for hydroxylation is 1. The van der Waals surface area contributed by atoms with E-state index in [1.165, 1.54) is 0 Å². The number of methoxy groups -OCH3 is 1. The Balaban J connectivity index is 2.03. The maximum absolute atomic E-state index is 12.5. The fourth-order valence-corrected chi connectivity index (χ4v) is 2.90. The van der Waals surface area contributed by atoms with Crippen LogP contribution in [0, 0.1) is 12.8 Å². The van der Waals surface area contributed by atoms with E-state index in [9.17, 15) is 9.90 Å². The third-order valence-corrected chi connectivity index (χ3v) is 4.39. The first-order valence-electron chi connectivity index (χ1n) is 8.00. The standard InChI is InChI=1S/C18H27NO3/c1-12(2)9-15(20)11-19-17(21)18(7-8-18)14-6-5-13(3)16(10-14)22-4/h5-6,10,12,15,20H,7-9,11H2,1-4H3,(H,19,21). The van der Waals surface area contributed by atoms with E-state index < -0.39 is 11.5 Å². The first-order valence-corrected chi connectivity index (χ1v) is 8.00. The lowest BCUT2D eigenvalue weighted by molar-refractivity contribution is -0.124. The molecule has 0 aliphatic heterocycles. The first-order chi connectivity index (χ1) is 10.4. The van der Waals surface area contributed by atoms with Crippen LogP contribution in [0.25, 0.3) is 0 Å². The maximum atomic E-state index is 12.5. The molecule has 1 saturated carbocycles. The molecule has 1 aromatic rings. The number of aliphatic hydroxyl groups is 1. The Kier molecular flexibility index (Phi) is 5.12. The van der Waals surface area contributed by atoms with Crippen LogP contribution in [0.4, 0.5) is 0 Å². The highest BCUT2D eigenvalue weighted by Crippen LogP contribution is 2.49. The molecule has 1 atom stereocenters. The highest BCUT2D eigenvalue weighted by Gasteiger charge is 2.51. The van der Waals surface area contributed by atoms with Crippen molar-refractivity contribution in [3.63, 3.8) is 0 Å². The second-order valence-corrected chi connectivity index (χ2v) is 6.76. The molecule has 0 radical (unpaired) electrons. The number of benzene rings is 1. The zero-order valence-electron chi connectivity index (χ0n) is 14.0. The number of amides is 1. The molecule has 1 unspecified atom stereocenters. The van der Waals surface area contributed by atoms with Crippen LogP contribution in [-0.2, 0) is 10.2 Å². The summed E-state index contributed by atoms with van der Waals surface area (Å²) in [6, 6.07) is 5.97. The number of carbonyl (C=O) groups excluding carboxylic acids is 1. The van der Waals surface area contributed by atoms with Crippen LogP contribution in [0.5, 0.6) is 5.75 Å². The van der Waals surface area contributed by atoms with E-state index in [2.05, 4.69) is 19.2 Å². The van der Waals surface area contributed by atoms with Crippen LogP contribution in [0.1, 0.15) is 44.2 Å². The van der Waals surface area contributed by atoms with Gasteiger partial charge in [-0.2, -0.15) is 0 Å². The van der Waals surface area contributed by atoms with Gasteiger partial charge >= 0.3 is 0 Å². The maximum Gasteiger partial charge on any atom is 0.230 e. The van der Waals surface area contributed by atoms with Gasteiger partial charge in [-0.3, -0.25) is 4.79 Å². The van der Waals surface area contributed by atoms with E-state index in [1.54, 1.807) is 7.11 Å². The van der Waals surface area contributed by atoms with Crippen LogP contribution < -0.4 is 10.1 Å². The summed E-state index contributed by atoms with van der Waals surface area (Å²) in [5.41, 5.74) is 1.64. The van der Waals surface area contributed by atoms with Crippen LogP contribution in [0.2, 0.25) is 0 Å². The summed E-state index contributed by atoms with van der Waals surface area (Å²) in [5.74, 6) is 1.25. The lowest BCUT2D eigenvalue weighted by atomic mass is 9.93. The normalized spacial score (nSPS) is 17.2. The highest BCUT2D eigenvalue weighted by atomic mass is 16.5. The summed E-state index contributed by atoms with van der Waals surface area (Å²) in [6.07, 6.45) is 1.93. The van der Waals surface area contributed by atoms with Crippen molar-refractivity contribution >= 4 is 5.91 Å². The molecule has 1 amide bonds. The molecule has 1 aliphatic carbocycles. The van der Waals surface area contributed by atoms with Crippen molar-refractivity contribution in [3.8, 4) is 5.75 Å². The molecule has 0 saturated heterocycles. The monoisotopic (exact) mass is 305 g/mol. The molecular formula is C18H27NO3. The van der Waals surface area contributed by atoms with E-state index in [0.717, 1.165) is 29.7 Å². The second-order valence-electron chi connectivity index (χ2n) is 6.76. The average molecular weight is 305 g/mol. The Hall–Kier alpha value is -1.55. The zero-order chi connectivity index (χ0) is 16.3. The first kappa shape index (κ1) is 16.8. The smallest absolute Gasteiger partial charge is 0.230 e. The van der Waals surface area contributed by atoms with Gasteiger partial charge in [-0.15, -0.1) is 0 Å². The molecule has 22 heavy (non-hydrogen) atoms. The molecule has 4 heteroatoms. The SMILES string of the molecule is COc1cc(C2(C(=O)NCC(O)CC(C)C)CC2)ccc1C. The van der Waals surface area contributed by atoms with Crippen molar-refractivity contribution < 1.29 is 14.6 Å². The van der Waals surface area contributed by atoms with Crippen LogP contribution in [-0.4, -0.2) is 30.8 Å². The minimum atomic E-state index is -0.479. The zero-order valence-corrected chi connectivity index (χ0v) is 14.0. The fraction of sp³-hybridized carbons (Fsp3) is 0.611. The van der Waals surface area contributed by atoms with Gasteiger partial charge in [-0.25, -0.2) is 0 Å². The quantitative estimate of drug-likeness (QED) is 0.814. The number of aliphatic hydroxyl groups excluding tert-OH is 1. The summed E-state index contributed by atoms with van der Waals surface area (Å²) in [5, 5.41) is 12.8. The molecule has 4 nitrogen and oxygen atoms in total. The largest absolute Gasteiger partial charge is 0.496 e. The minimum Gasteiger partial charge on any atom is -0.496 e. The van der Waals surface area contributed by atoms with Crippen LogP contribution >= 0.6 is 0 Å². The van der Waals surface area contributed by atoms with E-state index in [1.807, 2.05) is 25.1 Å². The van der Waals surface area contributed by atoms with Gasteiger partial charge in [0.15, 0.2) is 0 Å². The van der Waals surface area contributed by atoms with Crippen molar-refractivity contribution in [2.75, 3.05) is 13.7 Å². The Labute approximate surface area is 132 Å². The lowest BCUT2D eigenvalue weighted by Crippen LogP contribution is -2.39. The number of hydrogen-bond acceptors (Lipinski definition) is 3. The highest BCUT2D eigenvalue weighted by molar-refractivity contribution is 5.91. The molecule has 1 aliphatic rings. The number of hydrogen-bond donors (Lipinski definition) is 2. The van der Waals surface area contributed by atoms with Gasteiger partial charge in [0.25, 0.3) is 0 Å². The van der Waals surface area contributed by atoms with Crippen molar-refractivity contribution in [3.05, 3.63) is 29.3 Å². The van der Waals surface area contributed by atoms with Crippen LogP contribution in [0.15, 0.2) is 18.2 Å². The van der Waals surface area contributed by atoms with Crippen molar-refractivity contribution in [1.82, 2.24) is 5.32 Å². The number of nitrogens with one attached hydrogen (secondary N) is 1.